The lowest BCUT2D eigenvalue weighted by atomic mass is 10.2. The maximum atomic E-state index is 10.7. The summed E-state index contributed by atoms with van der Waals surface area (Å²) in [5.74, 6) is 0.591. The van der Waals surface area contributed by atoms with Gasteiger partial charge in [0, 0.05) is 30.1 Å². The number of nitro benzene ring substituents is 1. The average molecular weight is 327 g/mol. The fourth-order valence-electron chi connectivity index (χ4n) is 1.54. The highest BCUT2D eigenvalue weighted by Gasteiger charge is 2.11. The molecule has 1 heterocycles. The van der Waals surface area contributed by atoms with Crippen molar-refractivity contribution >= 4 is 21.6 Å². The van der Waals surface area contributed by atoms with E-state index < -0.39 is 4.92 Å². The largest absolute Gasteiger partial charge is 0.487 e. The molecule has 0 amide bonds. The number of benzene rings is 1. The first-order valence-corrected chi connectivity index (χ1v) is 6.53. The van der Waals surface area contributed by atoms with E-state index in [4.69, 9.17) is 4.74 Å². The molecule has 0 N–H and O–H groups in total. The van der Waals surface area contributed by atoms with Crippen LogP contribution in [0.15, 0.2) is 24.4 Å². The van der Waals surface area contributed by atoms with Crippen LogP contribution >= 0.6 is 15.9 Å². The molecule has 0 radical (unpaired) electrons. The molecule has 0 unspecified atom stereocenters. The molecular weight excluding hydrogens is 316 g/mol. The van der Waals surface area contributed by atoms with E-state index in [0.717, 1.165) is 5.56 Å². The Labute approximate surface area is 117 Å². The molecule has 8 heteroatoms. The van der Waals surface area contributed by atoms with Crippen molar-refractivity contribution in [1.82, 2.24) is 15.0 Å². The van der Waals surface area contributed by atoms with E-state index in [0.29, 0.717) is 16.8 Å². The summed E-state index contributed by atoms with van der Waals surface area (Å²) in [5.41, 5.74) is 1.46. The summed E-state index contributed by atoms with van der Waals surface area (Å²) in [4.78, 5) is 10.3. The highest BCUT2D eigenvalue weighted by molar-refractivity contribution is 9.08. The summed E-state index contributed by atoms with van der Waals surface area (Å²) in [6.07, 6.45) is 1.75. The minimum absolute atomic E-state index is 0.0429. The van der Waals surface area contributed by atoms with Gasteiger partial charge in [-0.25, -0.2) is 0 Å². The second-order valence-electron chi connectivity index (χ2n) is 3.85. The summed E-state index contributed by atoms with van der Waals surface area (Å²) < 4.78 is 7.18. The maximum Gasteiger partial charge on any atom is 0.270 e. The molecule has 0 aliphatic heterocycles. The lowest BCUT2D eigenvalue weighted by molar-refractivity contribution is -0.384. The molecule has 2 rings (SSSR count). The predicted octanol–water partition coefficient (Wildman–Crippen LogP) is 2.20. The van der Waals surface area contributed by atoms with Crippen LogP contribution in [0, 0.1) is 10.1 Å². The van der Waals surface area contributed by atoms with Crippen molar-refractivity contribution in [2.75, 3.05) is 0 Å². The number of nitro groups is 1. The van der Waals surface area contributed by atoms with E-state index in [-0.39, 0.29) is 12.3 Å². The fraction of sp³-hybridized carbons (Fsp3) is 0.273. The Bertz CT molecular complexity index is 599. The highest BCUT2D eigenvalue weighted by Crippen LogP contribution is 2.26. The van der Waals surface area contributed by atoms with Gasteiger partial charge in [-0.05, 0) is 6.07 Å². The molecule has 0 fully saturated rings. The lowest BCUT2D eigenvalue weighted by Crippen LogP contribution is -1.99. The minimum Gasteiger partial charge on any atom is -0.487 e. The normalized spacial score (nSPS) is 10.4. The highest BCUT2D eigenvalue weighted by atomic mass is 79.9. The van der Waals surface area contributed by atoms with Gasteiger partial charge in [-0.3, -0.25) is 14.8 Å². The van der Waals surface area contributed by atoms with Gasteiger partial charge in [0.15, 0.2) is 0 Å². The van der Waals surface area contributed by atoms with Crippen molar-refractivity contribution in [1.29, 1.82) is 0 Å². The van der Waals surface area contributed by atoms with Gasteiger partial charge in [0.25, 0.3) is 5.69 Å². The number of aromatic nitrogens is 3. The standard InChI is InChI=1S/C11H11BrN4O3/c1-15-6-9(13-14-15)7-19-11-3-2-10(16(17)18)4-8(11)5-12/h2-4,6H,5,7H2,1H3. The quantitative estimate of drug-likeness (QED) is 0.478. The fourth-order valence-corrected chi connectivity index (χ4v) is 1.98. The van der Waals surface area contributed by atoms with Gasteiger partial charge in [-0.15, -0.1) is 5.10 Å². The summed E-state index contributed by atoms with van der Waals surface area (Å²) in [7, 11) is 1.77. The number of aryl methyl sites for hydroxylation is 1. The molecule has 0 spiro atoms. The van der Waals surface area contributed by atoms with Crippen LogP contribution in [-0.2, 0) is 19.0 Å². The van der Waals surface area contributed by atoms with Crippen LogP contribution in [-0.4, -0.2) is 19.9 Å². The van der Waals surface area contributed by atoms with Crippen LogP contribution in [0.1, 0.15) is 11.3 Å². The van der Waals surface area contributed by atoms with Gasteiger partial charge in [0.05, 0.1) is 11.1 Å². The molecule has 1 aromatic carbocycles. The number of non-ortho nitro benzene ring substituents is 1. The van der Waals surface area contributed by atoms with Crippen LogP contribution in [0.3, 0.4) is 0 Å². The van der Waals surface area contributed by atoms with Crippen LogP contribution in [0.4, 0.5) is 5.69 Å². The Morgan fingerprint density at radius 1 is 1.53 bits per heavy atom. The van der Waals surface area contributed by atoms with Crippen molar-refractivity contribution in [3.05, 3.63) is 45.8 Å². The van der Waals surface area contributed by atoms with Crippen LogP contribution in [0.2, 0.25) is 0 Å². The number of halogens is 1. The molecule has 100 valence electrons. The van der Waals surface area contributed by atoms with Crippen molar-refractivity contribution < 1.29 is 9.66 Å². The molecule has 0 bridgehead atoms. The van der Waals surface area contributed by atoms with Crippen LogP contribution in [0.25, 0.3) is 0 Å². The first kappa shape index (κ1) is 13.5. The van der Waals surface area contributed by atoms with Crippen molar-refractivity contribution in [3.63, 3.8) is 0 Å². The predicted molar refractivity (Wildman–Crippen MR) is 71.1 cm³/mol. The third-order valence-electron chi connectivity index (χ3n) is 2.42. The van der Waals surface area contributed by atoms with Gasteiger partial charge in [0.2, 0.25) is 0 Å². The molecule has 0 aliphatic carbocycles. The van der Waals surface area contributed by atoms with E-state index >= 15 is 0 Å². The zero-order valence-electron chi connectivity index (χ0n) is 10.1. The van der Waals surface area contributed by atoms with Gasteiger partial charge in [0.1, 0.15) is 18.1 Å². The average Bonchev–Trinajstić information content (AvgIpc) is 2.81. The van der Waals surface area contributed by atoms with E-state index in [1.807, 2.05) is 0 Å². The smallest absolute Gasteiger partial charge is 0.270 e. The minimum atomic E-state index is -0.432. The number of nitrogens with zero attached hydrogens (tertiary/aromatic N) is 4. The van der Waals surface area contributed by atoms with Gasteiger partial charge in [-0.2, -0.15) is 0 Å². The number of hydrogen-bond acceptors (Lipinski definition) is 5. The molecule has 2 aromatic rings. The number of rotatable bonds is 5. The van der Waals surface area contributed by atoms with Crippen molar-refractivity contribution in [2.45, 2.75) is 11.9 Å². The third kappa shape index (κ3) is 3.28. The molecule has 1 aromatic heterocycles. The first-order chi connectivity index (χ1) is 9.10. The molecule has 19 heavy (non-hydrogen) atoms. The topological polar surface area (TPSA) is 83.1 Å². The molecule has 0 saturated heterocycles. The number of hydrogen-bond donors (Lipinski definition) is 0. The summed E-state index contributed by atoms with van der Waals surface area (Å²) in [6.45, 7) is 0.269. The Hall–Kier alpha value is -1.96. The van der Waals surface area contributed by atoms with E-state index in [9.17, 15) is 10.1 Å². The lowest BCUT2D eigenvalue weighted by Gasteiger charge is -2.08. The van der Waals surface area contributed by atoms with E-state index in [1.54, 1.807) is 24.0 Å². The van der Waals surface area contributed by atoms with E-state index in [2.05, 4.69) is 26.2 Å². The number of alkyl halides is 1. The molecular formula is C11H11BrN4O3. The SMILES string of the molecule is Cn1cc(COc2ccc([N+](=O)[O-])cc2CBr)nn1. The monoisotopic (exact) mass is 326 g/mol. The molecule has 0 atom stereocenters. The zero-order valence-corrected chi connectivity index (χ0v) is 11.7. The molecule has 0 saturated carbocycles. The maximum absolute atomic E-state index is 10.7. The van der Waals surface area contributed by atoms with Gasteiger partial charge < -0.3 is 4.74 Å². The van der Waals surface area contributed by atoms with Crippen LogP contribution in [0.5, 0.6) is 5.75 Å². The summed E-state index contributed by atoms with van der Waals surface area (Å²) >= 11 is 3.29. The Morgan fingerprint density at radius 3 is 2.89 bits per heavy atom. The summed E-state index contributed by atoms with van der Waals surface area (Å²) in [5, 5.41) is 18.9. The van der Waals surface area contributed by atoms with Crippen molar-refractivity contribution in [3.8, 4) is 5.75 Å². The Balaban J connectivity index is 2.13. The van der Waals surface area contributed by atoms with E-state index in [1.165, 1.54) is 12.1 Å². The van der Waals surface area contributed by atoms with Crippen molar-refractivity contribution in [2.24, 2.45) is 7.05 Å². The van der Waals surface area contributed by atoms with Gasteiger partial charge in [-0.1, -0.05) is 21.1 Å². The summed E-state index contributed by atoms with van der Waals surface area (Å²) in [6, 6.07) is 4.49. The second kappa shape index (κ2) is 5.79. The van der Waals surface area contributed by atoms with Crippen LogP contribution < -0.4 is 4.74 Å². The molecule has 0 aliphatic rings. The Morgan fingerprint density at radius 2 is 2.32 bits per heavy atom. The second-order valence-corrected chi connectivity index (χ2v) is 4.42. The first-order valence-electron chi connectivity index (χ1n) is 5.41. The third-order valence-corrected chi connectivity index (χ3v) is 3.03. The van der Waals surface area contributed by atoms with Gasteiger partial charge >= 0.3 is 0 Å². The zero-order chi connectivity index (χ0) is 13.8. The Kier molecular flexibility index (Phi) is 4.10. The number of ether oxygens (including phenoxy) is 1. The molecule has 7 nitrogen and oxygen atoms in total.